The molecule has 116 valence electrons. The predicted molar refractivity (Wildman–Crippen MR) is 88.9 cm³/mol. The molecule has 0 atom stereocenters. The van der Waals surface area contributed by atoms with Crippen molar-refractivity contribution in [3.05, 3.63) is 23.8 Å². The van der Waals surface area contributed by atoms with Gasteiger partial charge in [-0.2, -0.15) is 0 Å². The number of nitrogens with two attached hydrogens (primary N) is 1. The van der Waals surface area contributed by atoms with Gasteiger partial charge in [-0.15, -0.1) is 0 Å². The number of rotatable bonds is 2. The van der Waals surface area contributed by atoms with Crippen LogP contribution in [0, 0.1) is 5.92 Å². The topological polar surface area (TPSA) is 38.5 Å². The number of nitrogen functional groups attached to an aromatic ring is 1. The fraction of sp³-hybridized carbons (Fsp3) is 0.667. The van der Waals surface area contributed by atoms with Gasteiger partial charge >= 0.3 is 0 Å². The molecule has 0 saturated carbocycles. The molecule has 1 aromatic rings. The van der Waals surface area contributed by atoms with Crippen LogP contribution in [0.15, 0.2) is 18.2 Å². The van der Waals surface area contributed by atoms with Crippen LogP contribution in [0.2, 0.25) is 0 Å². The lowest BCUT2D eigenvalue weighted by molar-refractivity contribution is 0.0564. The Hall–Kier alpha value is -1.22. The maximum atomic E-state index is 6.26. The number of anilines is 2. The van der Waals surface area contributed by atoms with Crippen LogP contribution in [0.3, 0.4) is 0 Å². The molecule has 2 fully saturated rings. The summed E-state index contributed by atoms with van der Waals surface area (Å²) in [6.07, 6.45) is 4.75. The molecule has 1 aromatic carbocycles. The van der Waals surface area contributed by atoms with E-state index in [1.807, 2.05) is 0 Å². The maximum Gasteiger partial charge on any atom is 0.0602 e. The molecule has 0 aliphatic carbocycles. The summed E-state index contributed by atoms with van der Waals surface area (Å²) in [6, 6.07) is 6.66. The quantitative estimate of drug-likeness (QED) is 0.845. The van der Waals surface area contributed by atoms with Crippen LogP contribution >= 0.6 is 0 Å². The Bertz CT molecular complexity index is 486. The number of hydrogen-bond donors (Lipinski definition) is 1. The molecule has 0 radical (unpaired) electrons. The van der Waals surface area contributed by atoms with Crippen molar-refractivity contribution in [2.24, 2.45) is 5.92 Å². The molecule has 3 heteroatoms. The van der Waals surface area contributed by atoms with E-state index < -0.39 is 0 Å². The molecular weight excluding hydrogens is 260 g/mol. The Morgan fingerprint density at radius 3 is 2.52 bits per heavy atom. The Morgan fingerprint density at radius 1 is 1.19 bits per heavy atom. The van der Waals surface area contributed by atoms with E-state index in [0.717, 1.165) is 50.8 Å². The number of nitrogens with zero attached hydrogens (tertiary/aromatic N) is 1. The van der Waals surface area contributed by atoms with Crippen LogP contribution in [0.4, 0.5) is 11.4 Å². The average molecular weight is 288 g/mol. The zero-order valence-electron chi connectivity index (χ0n) is 13.4. The molecule has 2 aliphatic rings. The SMILES string of the molecule is CC1CCN(c2cc(C3(C)CCOCC3)ccc2N)CC1. The minimum Gasteiger partial charge on any atom is -0.397 e. The lowest BCUT2D eigenvalue weighted by Crippen LogP contribution is -2.34. The molecule has 2 N–H and O–H groups in total. The molecule has 0 aromatic heterocycles. The Labute approximate surface area is 128 Å². The van der Waals surface area contributed by atoms with Crippen LogP contribution in [0.5, 0.6) is 0 Å². The third-order valence-corrected chi connectivity index (χ3v) is 5.45. The first-order valence-electron chi connectivity index (χ1n) is 8.31. The Morgan fingerprint density at radius 2 is 1.86 bits per heavy atom. The molecular formula is C18H28N2O. The van der Waals surface area contributed by atoms with E-state index in [1.54, 1.807) is 0 Å². The summed E-state index contributed by atoms with van der Waals surface area (Å²) in [5, 5.41) is 0. The first-order valence-corrected chi connectivity index (χ1v) is 8.31. The minimum atomic E-state index is 0.240. The van der Waals surface area contributed by atoms with Crippen molar-refractivity contribution in [3.63, 3.8) is 0 Å². The number of piperidine rings is 1. The molecule has 2 aliphatic heterocycles. The van der Waals surface area contributed by atoms with Crippen molar-refractivity contribution >= 4 is 11.4 Å². The molecule has 21 heavy (non-hydrogen) atoms. The van der Waals surface area contributed by atoms with Crippen molar-refractivity contribution in [1.29, 1.82) is 0 Å². The largest absolute Gasteiger partial charge is 0.397 e. The van der Waals surface area contributed by atoms with Gasteiger partial charge in [-0.3, -0.25) is 0 Å². The highest BCUT2D eigenvalue weighted by molar-refractivity contribution is 5.69. The zero-order valence-corrected chi connectivity index (χ0v) is 13.4. The van der Waals surface area contributed by atoms with Gasteiger partial charge in [-0.05, 0) is 54.7 Å². The van der Waals surface area contributed by atoms with Crippen LogP contribution < -0.4 is 10.6 Å². The summed E-state index contributed by atoms with van der Waals surface area (Å²) in [6.45, 7) is 8.72. The van der Waals surface area contributed by atoms with Gasteiger partial charge in [0.15, 0.2) is 0 Å². The molecule has 0 unspecified atom stereocenters. The zero-order chi connectivity index (χ0) is 14.9. The lowest BCUT2D eigenvalue weighted by atomic mass is 9.76. The summed E-state index contributed by atoms with van der Waals surface area (Å²) in [7, 11) is 0. The second-order valence-corrected chi connectivity index (χ2v) is 7.12. The smallest absolute Gasteiger partial charge is 0.0602 e. The van der Waals surface area contributed by atoms with Crippen molar-refractivity contribution in [2.75, 3.05) is 36.9 Å². The van der Waals surface area contributed by atoms with Gasteiger partial charge < -0.3 is 15.4 Å². The Kier molecular flexibility index (Phi) is 4.12. The van der Waals surface area contributed by atoms with Gasteiger partial charge in [0, 0.05) is 26.3 Å². The lowest BCUT2D eigenvalue weighted by Gasteiger charge is -2.37. The summed E-state index contributed by atoms with van der Waals surface area (Å²) in [5.41, 5.74) is 10.1. The second kappa shape index (κ2) is 5.88. The Balaban J connectivity index is 1.85. The first-order chi connectivity index (χ1) is 10.1. The van der Waals surface area contributed by atoms with E-state index in [2.05, 4.69) is 36.9 Å². The fourth-order valence-corrected chi connectivity index (χ4v) is 3.55. The molecule has 0 bridgehead atoms. The van der Waals surface area contributed by atoms with Crippen LogP contribution in [-0.4, -0.2) is 26.3 Å². The standard InChI is InChI=1S/C18H28N2O/c1-14-5-9-20(10-6-14)17-13-15(3-4-16(17)19)18(2)7-11-21-12-8-18/h3-4,13-14H,5-12,19H2,1-2H3. The van der Waals surface area contributed by atoms with E-state index >= 15 is 0 Å². The number of ether oxygens (including phenoxy) is 1. The van der Waals surface area contributed by atoms with Gasteiger partial charge in [0.05, 0.1) is 11.4 Å². The summed E-state index contributed by atoms with van der Waals surface area (Å²) in [4.78, 5) is 2.47. The molecule has 2 heterocycles. The minimum absolute atomic E-state index is 0.240. The summed E-state index contributed by atoms with van der Waals surface area (Å²) >= 11 is 0. The highest BCUT2D eigenvalue weighted by atomic mass is 16.5. The molecule has 2 saturated heterocycles. The monoisotopic (exact) mass is 288 g/mol. The van der Waals surface area contributed by atoms with E-state index in [4.69, 9.17) is 10.5 Å². The van der Waals surface area contributed by atoms with Gasteiger partial charge in [0.1, 0.15) is 0 Å². The molecule has 3 nitrogen and oxygen atoms in total. The van der Waals surface area contributed by atoms with Gasteiger partial charge in [0.2, 0.25) is 0 Å². The summed E-state index contributed by atoms with van der Waals surface area (Å²) < 4.78 is 5.53. The molecule has 0 amide bonds. The van der Waals surface area contributed by atoms with E-state index in [0.29, 0.717) is 0 Å². The normalized spacial score (nSPS) is 23.2. The number of benzene rings is 1. The highest BCUT2D eigenvalue weighted by Gasteiger charge is 2.30. The third-order valence-electron chi connectivity index (χ3n) is 5.45. The fourth-order valence-electron chi connectivity index (χ4n) is 3.55. The van der Waals surface area contributed by atoms with Crippen molar-refractivity contribution in [1.82, 2.24) is 0 Å². The van der Waals surface area contributed by atoms with E-state index in [9.17, 15) is 0 Å². The second-order valence-electron chi connectivity index (χ2n) is 7.12. The first kappa shape index (κ1) is 14.7. The highest BCUT2D eigenvalue weighted by Crippen LogP contribution is 2.38. The maximum absolute atomic E-state index is 6.26. The van der Waals surface area contributed by atoms with Crippen LogP contribution in [-0.2, 0) is 10.2 Å². The van der Waals surface area contributed by atoms with Gasteiger partial charge in [0.25, 0.3) is 0 Å². The van der Waals surface area contributed by atoms with Crippen molar-refractivity contribution < 1.29 is 4.74 Å². The third kappa shape index (κ3) is 3.03. The van der Waals surface area contributed by atoms with E-state index in [-0.39, 0.29) is 5.41 Å². The molecule has 3 rings (SSSR count). The van der Waals surface area contributed by atoms with Gasteiger partial charge in [-0.1, -0.05) is 19.9 Å². The van der Waals surface area contributed by atoms with Crippen LogP contribution in [0.1, 0.15) is 45.1 Å². The summed E-state index contributed by atoms with van der Waals surface area (Å²) in [5.74, 6) is 0.846. The predicted octanol–water partition coefficient (Wildman–Crippen LogP) is 3.57. The van der Waals surface area contributed by atoms with Gasteiger partial charge in [-0.25, -0.2) is 0 Å². The van der Waals surface area contributed by atoms with Crippen molar-refractivity contribution in [2.45, 2.75) is 44.9 Å². The van der Waals surface area contributed by atoms with Crippen molar-refractivity contribution in [3.8, 4) is 0 Å². The average Bonchev–Trinajstić information content (AvgIpc) is 2.49. The molecule has 0 spiro atoms. The van der Waals surface area contributed by atoms with Crippen LogP contribution in [0.25, 0.3) is 0 Å². The number of hydrogen-bond acceptors (Lipinski definition) is 3. The van der Waals surface area contributed by atoms with E-state index in [1.165, 1.54) is 24.1 Å².